The summed E-state index contributed by atoms with van der Waals surface area (Å²) >= 11 is 0. The Labute approximate surface area is 80.2 Å². The van der Waals surface area contributed by atoms with Crippen molar-refractivity contribution in [3.63, 3.8) is 0 Å². The molecule has 0 unspecified atom stereocenters. The molecule has 4 heteroatoms. The van der Waals surface area contributed by atoms with Gasteiger partial charge in [-0.2, -0.15) is 0 Å². The second-order valence-electron chi connectivity index (χ2n) is 2.81. The summed E-state index contributed by atoms with van der Waals surface area (Å²) in [4.78, 5) is 14.6. The zero-order valence-electron chi connectivity index (χ0n) is 7.27. The van der Waals surface area contributed by atoms with Crippen molar-refractivity contribution in [3.8, 4) is 0 Å². The van der Waals surface area contributed by atoms with Gasteiger partial charge in [0.2, 0.25) is 0 Å². The van der Waals surface area contributed by atoms with E-state index >= 15 is 0 Å². The molecule has 0 atom stereocenters. The Hall–Kier alpha value is -2.10. The third kappa shape index (κ3) is 1.50. The van der Waals surface area contributed by atoms with Crippen LogP contribution in [0.3, 0.4) is 0 Å². The number of carboxylic acid groups (broad SMARTS) is 1. The molecule has 1 aromatic heterocycles. The lowest BCUT2D eigenvalue weighted by atomic mass is 10.2. The molecule has 2 rings (SSSR count). The SMILES string of the molecule is O=C(O)Nc1cccc2ncccc12. The molecule has 0 aliphatic carbocycles. The molecule has 1 amide bonds. The molecule has 2 N–H and O–H groups in total. The van der Waals surface area contributed by atoms with Gasteiger partial charge in [-0.1, -0.05) is 6.07 Å². The highest BCUT2D eigenvalue weighted by atomic mass is 16.4. The van der Waals surface area contributed by atoms with Crippen molar-refractivity contribution in [2.75, 3.05) is 5.32 Å². The van der Waals surface area contributed by atoms with Gasteiger partial charge in [-0.05, 0) is 24.3 Å². The van der Waals surface area contributed by atoms with Crippen LogP contribution in [0, 0.1) is 0 Å². The summed E-state index contributed by atoms with van der Waals surface area (Å²) in [5.41, 5.74) is 1.34. The lowest BCUT2D eigenvalue weighted by Gasteiger charge is -2.04. The van der Waals surface area contributed by atoms with Gasteiger partial charge in [-0.25, -0.2) is 4.79 Å². The molecule has 4 nitrogen and oxygen atoms in total. The Morgan fingerprint density at radius 1 is 1.29 bits per heavy atom. The number of hydrogen-bond donors (Lipinski definition) is 2. The van der Waals surface area contributed by atoms with E-state index in [9.17, 15) is 4.79 Å². The predicted molar refractivity (Wildman–Crippen MR) is 53.4 cm³/mol. The van der Waals surface area contributed by atoms with Crippen molar-refractivity contribution in [2.45, 2.75) is 0 Å². The average Bonchev–Trinajstić information content (AvgIpc) is 2.18. The molecule has 70 valence electrons. The summed E-state index contributed by atoms with van der Waals surface area (Å²) < 4.78 is 0. The van der Waals surface area contributed by atoms with Crippen molar-refractivity contribution in [1.29, 1.82) is 0 Å². The van der Waals surface area contributed by atoms with Gasteiger partial charge in [-0.3, -0.25) is 10.3 Å². The highest BCUT2D eigenvalue weighted by Gasteiger charge is 2.02. The molecule has 0 saturated carbocycles. The van der Waals surface area contributed by atoms with Crippen LogP contribution in [0.5, 0.6) is 0 Å². The fraction of sp³-hybridized carbons (Fsp3) is 0. The van der Waals surface area contributed by atoms with Crippen LogP contribution in [0.2, 0.25) is 0 Å². The summed E-state index contributed by atoms with van der Waals surface area (Å²) in [6.45, 7) is 0. The molecule has 0 aliphatic rings. The third-order valence-electron chi connectivity index (χ3n) is 1.89. The van der Waals surface area contributed by atoms with Crippen molar-refractivity contribution in [2.24, 2.45) is 0 Å². The number of pyridine rings is 1. The molecule has 0 spiro atoms. The van der Waals surface area contributed by atoms with E-state index in [2.05, 4.69) is 10.3 Å². The van der Waals surface area contributed by atoms with Crippen molar-refractivity contribution < 1.29 is 9.90 Å². The zero-order chi connectivity index (χ0) is 9.97. The minimum atomic E-state index is -1.07. The number of nitrogens with zero attached hydrogens (tertiary/aromatic N) is 1. The molecule has 1 aromatic carbocycles. The van der Waals surface area contributed by atoms with E-state index in [1.807, 2.05) is 12.1 Å². The van der Waals surface area contributed by atoms with Gasteiger partial charge in [0.15, 0.2) is 0 Å². The van der Waals surface area contributed by atoms with Gasteiger partial charge >= 0.3 is 6.09 Å². The first-order valence-electron chi connectivity index (χ1n) is 4.11. The number of hydrogen-bond acceptors (Lipinski definition) is 2. The van der Waals surface area contributed by atoms with Gasteiger partial charge in [0.1, 0.15) is 0 Å². The summed E-state index contributed by atoms with van der Waals surface area (Å²) in [5.74, 6) is 0. The molecular formula is C10H8N2O2. The molecule has 0 aliphatic heterocycles. The average molecular weight is 188 g/mol. The normalized spacial score (nSPS) is 10.0. The van der Waals surface area contributed by atoms with E-state index in [1.165, 1.54) is 0 Å². The topological polar surface area (TPSA) is 62.2 Å². The van der Waals surface area contributed by atoms with Crippen LogP contribution in [0.25, 0.3) is 10.9 Å². The van der Waals surface area contributed by atoms with Crippen LogP contribution < -0.4 is 5.32 Å². The highest BCUT2D eigenvalue weighted by Crippen LogP contribution is 2.20. The van der Waals surface area contributed by atoms with Gasteiger partial charge in [-0.15, -0.1) is 0 Å². The first-order valence-corrected chi connectivity index (χ1v) is 4.11. The van der Waals surface area contributed by atoms with E-state index in [4.69, 9.17) is 5.11 Å². The highest BCUT2D eigenvalue weighted by molar-refractivity contribution is 5.97. The Morgan fingerprint density at radius 2 is 2.14 bits per heavy atom. The van der Waals surface area contributed by atoms with Crippen LogP contribution in [0.4, 0.5) is 10.5 Å². The maximum Gasteiger partial charge on any atom is 0.409 e. The summed E-state index contributed by atoms with van der Waals surface area (Å²) in [5, 5.41) is 11.7. The first kappa shape index (κ1) is 8.50. The molecule has 2 aromatic rings. The standard InChI is InChI=1S/C10H8N2O2/c13-10(14)12-9-5-1-4-8-7(9)3-2-6-11-8/h1-6,12H,(H,13,14). The number of carbonyl (C=O) groups is 1. The quantitative estimate of drug-likeness (QED) is 0.721. The fourth-order valence-electron chi connectivity index (χ4n) is 1.33. The smallest absolute Gasteiger partial charge is 0.409 e. The predicted octanol–water partition coefficient (Wildman–Crippen LogP) is 2.32. The molecule has 0 bridgehead atoms. The second kappa shape index (κ2) is 3.33. The largest absolute Gasteiger partial charge is 0.465 e. The van der Waals surface area contributed by atoms with Crippen LogP contribution in [0.1, 0.15) is 0 Å². The second-order valence-corrected chi connectivity index (χ2v) is 2.81. The van der Waals surface area contributed by atoms with Crippen LogP contribution in [-0.2, 0) is 0 Å². The molecule has 0 fully saturated rings. The third-order valence-corrected chi connectivity index (χ3v) is 1.89. The maximum absolute atomic E-state index is 10.5. The lowest BCUT2D eigenvalue weighted by Crippen LogP contribution is -2.07. The van der Waals surface area contributed by atoms with Gasteiger partial charge < -0.3 is 5.11 Å². The van der Waals surface area contributed by atoms with Gasteiger partial charge in [0.25, 0.3) is 0 Å². The summed E-state index contributed by atoms with van der Waals surface area (Å²) in [6, 6.07) is 8.91. The number of anilines is 1. The number of aromatic nitrogens is 1. The van der Waals surface area contributed by atoms with Gasteiger partial charge in [0.05, 0.1) is 11.2 Å². The first-order chi connectivity index (χ1) is 6.77. The van der Waals surface area contributed by atoms with Crippen LogP contribution in [-0.4, -0.2) is 16.2 Å². The van der Waals surface area contributed by atoms with Crippen molar-refractivity contribution in [1.82, 2.24) is 4.98 Å². The fourth-order valence-corrected chi connectivity index (χ4v) is 1.33. The van der Waals surface area contributed by atoms with E-state index in [1.54, 1.807) is 24.4 Å². The Morgan fingerprint density at radius 3 is 2.93 bits per heavy atom. The number of amides is 1. The molecule has 14 heavy (non-hydrogen) atoms. The number of fused-ring (bicyclic) bond motifs is 1. The van der Waals surface area contributed by atoms with E-state index < -0.39 is 6.09 Å². The maximum atomic E-state index is 10.5. The zero-order valence-corrected chi connectivity index (χ0v) is 7.27. The number of rotatable bonds is 1. The van der Waals surface area contributed by atoms with Crippen LogP contribution in [0.15, 0.2) is 36.5 Å². The molecule has 0 saturated heterocycles. The molecule has 0 radical (unpaired) electrons. The Kier molecular flexibility index (Phi) is 2.02. The molecular weight excluding hydrogens is 180 g/mol. The molecule has 1 heterocycles. The monoisotopic (exact) mass is 188 g/mol. The minimum Gasteiger partial charge on any atom is -0.465 e. The number of nitrogens with one attached hydrogen (secondary N) is 1. The van der Waals surface area contributed by atoms with Crippen molar-refractivity contribution in [3.05, 3.63) is 36.5 Å². The summed E-state index contributed by atoms with van der Waals surface area (Å²) in [6.07, 6.45) is 0.605. The Balaban J connectivity index is 2.59. The van der Waals surface area contributed by atoms with Gasteiger partial charge in [0, 0.05) is 11.6 Å². The lowest BCUT2D eigenvalue weighted by molar-refractivity contribution is 0.210. The van der Waals surface area contributed by atoms with Crippen LogP contribution >= 0.6 is 0 Å². The van der Waals surface area contributed by atoms with Crippen molar-refractivity contribution >= 4 is 22.7 Å². The Bertz CT molecular complexity index is 477. The summed E-state index contributed by atoms with van der Waals surface area (Å²) in [7, 11) is 0. The van der Waals surface area contributed by atoms with E-state index in [0.29, 0.717) is 5.69 Å². The van der Waals surface area contributed by atoms with E-state index in [0.717, 1.165) is 10.9 Å². The van der Waals surface area contributed by atoms with E-state index in [-0.39, 0.29) is 0 Å². The number of benzene rings is 1. The minimum absolute atomic E-state index is 0.558.